The van der Waals surface area contributed by atoms with Gasteiger partial charge in [-0.3, -0.25) is 9.59 Å². The summed E-state index contributed by atoms with van der Waals surface area (Å²) < 4.78 is 134. The lowest BCUT2D eigenvalue weighted by Crippen LogP contribution is -2.50. The monoisotopic (exact) mass is 712 g/mol. The summed E-state index contributed by atoms with van der Waals surface area (Å²) in [5, 5.41) is 2.27. The largest absolute Gasteiger partial charge is 0.435 e. The van der Waals surface area contributed by atoms with Crippen LogP contribution in [0.15, 0.2) is 54.7 Å². The van der Waals surface area contributed by atoms with Gasteiger partial charge in [-0.15, -0.1) is 0 Å². The van der Waals surface area contributed by atoms with Gasteiger partial charge in [0.05, 0.1) is 11.1 Å². The second kappa shape index (κ2) is 11.1. The molecule has 0 unspecified atom stereocenters. The summed E-state index contributed by atoms with van der Waals surface area (Å²) in [5.74, 6) is -1.78. The number of nitrogens with one attached hydrogen (secondary N) is 1. The van der Waals surface area contributed by atoms with E-state index < -0.39 is 68.6 Å². The van der Waals surface area contributed by atoms with Crippen molar-refractivity contribution >= 4 is 51.6 Å². The van der Waals surface area contributed by atoms with Crippen molar-refractivity contribution in [2.45, 2.75) is 30.6 Å². The van der Waals surface area contributed by atoms with Crippen LogP contribution in [0.25, 0.3) is 0 Å². The van der Waals surface area contributed by atoms with E-state index in [0.717, 1.165) is 34.7 Å². The van der Waals surface area contributed by atoms with E-state index >= 15 is 0 Å². The van der Waals surface area contributed by atoms with Crippen molar-refractivity contribution in [1.82, 2.24) is 4.98 Å². The lowest BCUT2D eigenvalue weighted by molar-refractivity contribution is -0.348. The predicted octanol–water partition coefficient (Wildman–Crippen LogP) is 8.33. The van der Waals surface area contributed by atoms with Crippen LogP contribution in [-0.4, -0.2) is 29.0 Å². The van der Waals surface area contributed by atoms with Gasteiger partial charge in [-0.25, -0.2) is 9.37 Å². The van der Waals surface area contributed by atoms with E-state index in [4.69, 9.17) is 11.6 Å². The summed E-state index contributed by atoms with van der Waals surface area (Å²) in [4.78, 5) is 29.0. The Morgan fingerprint density at radius 3 is 2.05 bits per heavy atom. The number of anilines is 1. The third kappa shape index (κ3) is 6.34. The Kier molecular flexibility index (Phi) is 8.79. The van der Waals surface area contributed by atoms with Crippen molar-refractivity contribution in [2.75, 3.05) is 5.32 Å². The Morgan fingerprint density at radius 1 is 0.875 bits per heavy atom. The molecule has 16 heteroatoms. The van der Waals surface area contributed by atoms with Gasteiger partial charge < -0.3 is 5.32 Å². The van der Waals surface area contributed by atoms with Crippen LogP contribution in [0.2, 0.25) is 5.15 Å². The average molecular weight is 713 g/mol. The number of alkyl halides is 10. The highest BCUT2D eigenvalue weighted by molar-refractivity contribution is 14.1. The van der Waals surface area contributed by atoms with Crippen LogP contribution < -0.4 is 5.32 Å². The van der Waals surface area contributed by atoms with Gasteiger partial charge in [-0.2, -0.15) is 39.5 Å². The van der Waals surface area contributed by atoms with Crippen LogP contribution in [0.4, 0.5) is 49.6 Å². The molecule has 1 aromatic heterocycles. The number of carbonyl (C=O) groups excluding carboxylic acids is 2. The molecule has 2 aromatic carbocycles. The van der Waals surface area contributed by atoms with Crippen LogP contribution in [0.5, 0.6) is 0 Å². The summed E-state index contributed by atoms with van der Waals surface area (Å²) in [7, 11) is 0. The van der Waals surface area contributed by atoms with E-state index in [0.29, 0.717) is 0 Å². The lowest BCUT2D eigenvalue weighted by Gasteiger charge is -2.31. The minimum Gasteiger partial charge on any atom is -0.322 e. The predicted molar refractivity (Wildman–Crippen MR) is 131 cm³/mol. The summed E-state index contributed by atoms with van der Waals surface area (Å²) in [6.45, 7) is 0. The highest BCUT2D eigenvalue weighted by Gasteiger charge is 2.73. The molecule has 0 atom stereocenters. The maximum Gasteiger partial charge on any atom is 0.435 e. The molecule has 0 radical (unpaired) electrons. The second-order valence-corrected chi connectivity index (χ2v) is 9.63. The molecule has 0 fully saturated rings. The van der Waals surface area contributed by atoms with Crippen LogP contribution >= 0.6 is 34.2 Å². The topological polar surface area (TPSA) is 59.1 Å². The third-order valence-electron chi connectivity index (χ3n) is 5.46. The van der Waals surface area contributed by atoms with E-state index in [1.54, 1.807) is 0 Å². The molecular weight excluding hydrogens is 701 g/mol. The molecule has 4 nitrogen and oxygen atoms in total. The minimum absolute atomic E-state index is 0.00873. The Hall–Kier alpha value is -2.95. The van der Waals surface area contributed by atoms with Gasteiger partial charge in [0.2, 0.25) is 0 Å². The number of rotatable bonds is 6. The maximum absolute atomic E-state index is 14.5. The molecule has 0 saturated carbocycles. The Balaban J connectivity index is 2.00. The number of hydrogen-bond donors (Lipinski definition) is 1. The molecule has 0 bridgehead atoms. The fourth-order valence-corrected chi connectivity index (χ4v) is 4.56. The van der Waals surface area contributed by atoms with Gasteiger partial charge in [-0.05, 0) is 64.6 Å². The standard InChI is InChI=1S/C24H12ClF10IN2O2/c25-19-14(5-2-6-37-19)20(40)38-13-4-1-3-11(7-13)18(39)10-15-16(22(27,28)29)8-12(9-17(15)36)21(26,23(30,31)32)24(33,34)35/h1-9H,10H2,(H,38,40). The number of amides is 1. The van der Waals surface area contributed by atoms with Crippen LogP contribution in [0.3, 0.4) is 0 Å². The quantitative estimate of drug-likeness (QED) is 0.121. The van der Waals surface area contributed by atoms with Crippen molar-refractivity contribution < 1.29 is 53.5 Å². The first-order chi connectivity index (χ1) is 18.3. The summed E-state index contributed by atoms with van der Waals surface area (Å²) in [5.41, 5.74) is -11.7. The zero-order chi connectivity index (χ0) is 30.3. The van der Waals surface area contributed by atoms with E-state index in [1.165, 1.54) is 30.5 Å². The van der Waals surface area contributed by atoms with Gasteiger partial charge >= 0.3 is 24.2 Å². The fraction of sp³-hybridized carbons (Fsp3) is 0.208. The molecule has 0 aliphatic rings. The van der Waals surface area contributed by atoms with E-state index in [-0.39, 0.29) is 28.0 Å². The molecule has 1 heterocycles. The lowest BCUT2D eigenvalue weighted by atomic mass is 9.89. The van der Waals surface area contributed by atoms with Gasteiger partial charge in [0.1, 0.15) is 5.15 Å². The summed E-state index contributed by atoms with van der Waals surface area (Å²) >= 11 is 6.85. The number of benzene rings is 2. The number of pyridine rings is 1. The number of carbonyl (C=O) groups is 2. The van der Waals surface area contributed by atoms with E-state index in [9.17, 15) is 53.5 Å². The number of hydrogen-bond acceptors (Lipinski definition) is 3. The van der Waals surface area contributed by atoms with Gasteiger partial charge in [0.25, 0.3) is 5.91 Å². The SMILES string of the molecule is O=C(Cc1c(I)cc(C(F)(C(F)(F)F)C(F)(F)F)cc1C(F)(F)F)c1cccc(NC(=O)c2cccnc2Cl)c1. The van der Waals surface area contributed by atoms with Crippen LogP contribution in [-0.2, 0) is 18.3 Å². The first-order valence-corrected chi connectivity index (χ1v) is 12.0. The molecule has 1 N–H and O–H groups in total. The molecule has 40 heavy (non-hydrogen) atoms. The van der Waals surface area contributed by atoms with Gasteiger partial charge in [-0.1, -0.05) is 23.7 Å². The number of halogens is 12. The first-order valence-electron chi connectivity index (χ1n) is 10.5. The number of aromatic nitrogens is 1. The van der Waals surface area contributed by atoms with Gasteiger partial charge in [0.15, 0.2) is 5.78 Å². The third-order valence-corrected chi connectivity index (χ3v) is 6.73. The highest BCUT2D eigenvalue weighted by Crippen LogP contribution is 2.54. The smallest absolute Gasteiger partial charge is 0.322 e. The Bertz CT molecular complexity index is 1440. The zero-order valence-corrected chi connectivity index (χ0v) is 22.1. The summed E-state index contributed by atoms with van der Waals surface area (Å²) in [6.07, 6.45) is -18.6. The molecule has 3 rings (SSSR count). The molecule has 0 aliphatic heterocycles. The van der Waals surface area contributed by atoms with Crippen molar-refractivity contribution in [3.8, 4) is 0 Å². The molecule has 1 amide bonds. The van der Waals surface area contributed by atoms with E-state index in [1.807, 2.05) is 0 Å². The molecule has 0 aliphatic carbocycles. The second-order valence-electron chi connectivity index (χ2n) is 8.11. The first kappa shape index (κ1) is 31.6. The van der Waals surface area contributed by atoms with Crippen LogP contribution in [0.1, 0.15) is 37.4 Å². The molecular formula is C24H12ClF10IN2O2. The summed E-state index contributed by atoms with van der Waals surface area (Å²) in [6, 6.07) is 6.95. The average Bonchev–Trinajstić information content (AvgIpc) is 2.82. The molecule has 3 aromatic rings. The van der Waals surface area contributed by atoms with Crippen molar-refractivity contribution in [3.63, 3.8) is 0 Å². The maximum atomic E-state index is 14.5. The van der Waals surface area contributed by atoms with Crippen molar-refractivity contribution in [1.29, 1.82) is 0 Å². The van der Waals surface area contributed by atoms with Crippen molar-refractivity contribution in [2.24, 2.45) is 0 Å². The Morgan fingerprint density at radius 2 is 1.50 bits per heavy atom. The normalized spacial score (nSPS) is 12.8. The Labute approximate surface area is 236 Å². The highest BCUT2D eigenvalue weighted by atomic mass is 127. The molecule has 214 valence electrons. The molecule has 0 spiro atoms. The minimum atomic E-state index is -6.64. The van der Waals surface area contributed by atoms with E-state index in [2.05, 4.69) is 10.3 Å². The van der Waals surface area contributed by atoms with Crippen LogP contribution in [0, 0.1) is 3.57 Å². The number of nitrogens with zero attached hydrogens (tertiary/aromatic N) is 1. The fourth-order valence-electron chi connectivity index (χ4n) is 3.54. The molecule has 0 saturated heterocycles. The van der Waals surface area contributed by atoms with Gasteiger partial charge in [0, 0.05) is 33.0 Å². The van der Waals surface area contributed by atoms with Crippen molar-refractivity contribution in [3.05, 3.63) is 91.3 Å². The zero-order valence-electron chi connectivity index (χ0n) is 19.2. The number of Topliss-reactive ketones (excluding diaryl/α,β-unsaturated/α-hetero) is 1. The number of ketones is 1.